The Balaban J connectivity index is 2.01. The average Bonchev–Trinajstić information content (AvgIpc) is 2.74. The zero-order valence-corrected chi connectivity index (χ0v) is 11.1. The van der Waals surface area contributed by atoms with Crippen molar-refractivity contribution < 1.29 is 13.6 Å². The number of anilines is 1. The number of halogens is 2. The van der Waals surface area contributed by atoms with Crippen LogP contribution in [0.5, 0.6) is 0 Å². The van der Waals surface area contributed by atoms with Gasteiger partial charge in [0.2, 0.25) is 0 Å². The van der Waals surface area contributed by atoms with Gasteiger partial charge in [-0.1, -0.05) is 6.07 Å². The Morgan fingerprint density at radius 1 is 1.19 bits per heavy atom. The maximum absolute atomic E-state index is 13.3. The van der Waals surface area contributed by atoms with Crippen LogP contribution in [-0.2, 0) is 0 Å². The number of carbonyl (C=O) groups is 1. The molecule has 6 heteroatoms. The Kier molecular flexibility index (Phi) is 3.13. The summed E-state index contributed by atoms with van der Waals surface area (Å²) < 4.78 is 27.8. The summed E-state index contributed by atoms with van der Waals surface area (Å²) in [6.07, 6.45) is 1.19. The van der Waals surface area contributed by atoms with Crippen LogP contribution in [0.2, 0.25) is 0 Å². The molecule has 1 N–H and O–H groups in total. The van der Waals surface area contributed by atoms with Crippen LogP contribution in [-0.4, -0.2) is 15.3 Å². The fourth-order valence-corrected chi connectivity index (χ4v) is 2.17. The fourth-order valence-electron chi connectivity index (χ4n) is 2.17. The van der Waals surface area contributed by atoms with E-state index in [-0.39, 0.29) is 5.69 Å². The number of hydrogen-bond acceptors (Lipinski definition) is 2. The standard InChI is InChI=1S/C15H11F2N3O/c1-9-14(20-8-11(17)5-6-13(20)18-9)15(21)19-12-4-2-3-10(16)7-12/h2-8H,1H3,(H,19,21). The minimum atomic E-state index is -0.476. The van der Waals surface area contributed by atoms with Crippen molar-refractivity contribution in [1.29, 1.82) is 0 Å². The molecule has 1 aromatic carbocycles. The van der Waals surface area contributed by atoms with Gasteiger partial charge in [-0.25, -0.2) is 13.8 Å². The van der Waals surface area contributed by atoms with Gasteiger partial charge in [-0.2, -0.15) is 0 Å². The van der Waals surface area contributed by atoms with Crippen molar-refractivity contribution in [3.63, 3.8) is 0 Å². The van der Waals surface area contributed by atoms with Crippen LogP contribution in [0.15, 0.2) is 42.6 Å². The van der Waals surface area contributed by atoms with Gasteiger partial charge in [0.15, 0.2) is 0 Å². The number of benzene rings is 1. The smallest absolute Gasteiger partial charge is 0.274 e. The molecule has 3 rings (SSSR count). The van der Waals surface area contributed by atoms with E-state index in [9.17, 15) is 13.6 Å². The number of hydrogen-bond donors (Lipinski definition) is 1. The molecule has 0 fully saturated rings. The second kappa shape index (κ2) is 4.97. The molecule has 0 atom stereocenters. The maximum atomic E-state index is 13.3. The number of rotatable bonds is 2. The molecule has 4 nitrogen and oxygen atoms in total. The monoisotopic (exact) mass is 287 g/mol. The summed E-state index contributed by atoms with van der Waals surface area (Å²) in [5, 5.41) is 2.58. The van der Waals surface area contributed by atoms with E-state index in [1.807, 2.05) is 0 Å². The maximum Gasteiger partial charge on any atom is 0.274 e. The summed E-state index contributed by atoms with van der Waals surface area (Å²) in [4.78, 5) is 16.5. The Bertz CT molecular complexity index is 842. The Labute approximate surface area is 119 Å². The molecule has 0 saturated heterocycles. The van der Waals surface area contributed by atoms with Crippen LogP contribution in [0.3, 0.4) is 0 Å². The molecule has 2 heterocycles. The first kappa shape index (κ1) is 13.2. The van der Waals surface area contributed by atoms with E-state index in [0.717, 1.165) is 0 Å². The highest BCUT2D eigenvalue weighted by Gasteiger charge is 2.17. The van der Waals surface area contributed by atoms with Gasteiger partial charge in [-0.05, 0) is 37.3 Å². The Hall–Kier alpha value is -2.76. The lowest BCUT2D eigenvalue weighted by molar-refractivity contribution is 0.102. The molecular formula is C15H11F2N3O. The molecule has 0 aliphatic carbocycles. The minimum absolute atomic E-state index is 0.216. The van der Waals surface area contributed by atoms with Crippen molar-refractivity contribution in [3.8, 4) is 0 Å². The second-order valence-corrected chi connectivity index (χ2v) is 4.59. The number of fused-ring (bicyclic) bond motifs is 1. The van der Waals surface area contributed by atoms with E-state index in [1.54, 1.807) is 13.0 Å². The lowest BCUT2D eigenvalue weighted by Gasteiger charge is -2.06. The quantitative estimate of drug-likeness (QED) is 0.787. The molecule has 0 unspecified atom stereocenters. The highest BCUT2D eigenvalue weighted by Crippen LogP contribution is 2.16. The number of aryl methyl sites for hydroxylation is 1. The van der Waals surface area contributed by atoms with E-state index in [2.05, 4.69) is 10.3 Å². The number of imidazole rings is 1. The van der Waals surface area contributed by atoms with Crippen molar-refractivity contribution in [2.24, 2.45) is 0 Å². The molecule has 1 amide bonds. The molecule has 2 aromatic heterocycles. The number of carbonyl (C=O) groups excluding carboxylic acids is 1. The van der Waals surface area contributed by atoms with Gasteiger partial charge < -0.3 is 5.32 Å². The van der Waals surface area contributed by atoms with Crippen molar-refractivity contribution in [3.05, 3.63) is 65.6 Å². The van der Waals surface area contributed by atoms with E-state index in [1.165, 1.54) is 40.9 Å². The van der Waals surface area contributed by atoms with E-state index in [0.29, 0.717) is 17.0 Å². The number of pyridine rings is 1. The van der Waals surface area contributed by atoms with Crippen LogP contribution in [0.4, 0.5) is 14.5 Å². The van der Waals surface area contributed by atoms with Gasteiger partial charge in [-0.15, -0.1) is 0 Å². The van der Waals surface area contributed by atoms with Gasteiger partial charge in [0, 0.05) is 11.9 Å². The van der Waals surface area contributed by atoms with Crippen LogP contribution in [0, 0.1) is 18.6 Å². The molecule has 0 aliphatic heterocycles. The van der Waals surface area contributed by atoms with E-state index >= 15 is 0 Å². The predicted octanol–water partition coefficient (Wildman–Crippen LogP) is 3.17. The SMILES string of the molecule is Cc1nc2ccc(F)cn2c1C(=O)Nc1cccc(F)c1. The normalized spacial score (nSPS) is 10.8. The lowest BCUT2D eigenvalue weighted by Crippen LogP contribution is -2.15. The third-order valence-electron chi connectivity index (χ3n) is 3.05. The first-order valence-electron chi connectivity index (χ1n) is 6.26. The van der Waals surface area contributed by atoms with Gasteiger partial charge in [0.1, 0.15) is 23.0 Å². The summed E-state index contributed by atoms with van der Waals surface area (Å²) >= 11 is 0. The van der Waals surface area contributed by atoms with Crippen LogP contribution >= 0.6 is 0 Å². The number of amides is 1. The summed E-state index contributed by atoms with van der Waals surface area (Å²) in [5.74, 6) is -1.40. The van der Waals surface area contributed by atoms with Crippen molar-refractivity contribution >= 4 is 17.2 Å². The summed E-state index contributed by atoms with van der Waals surface area (Å²) in [7, 11) is 0. The number of nitrogens with one attached hydrogen (secondary N) is 1. The lowest BCUT2D eigenvalue weighted by atomic mass is 10.2. The van der Waals surface area contributed by atoms with E-state index < -0.39 is 17.5 Å². The number of aromatic nitrogens is 2. The number of nitrogens with zero attached hydrogens (tertiary/aromatic N) is 2. The van der Waals surface area contributed by atoms with Crippen molar-refractivity contribution in [2.75, 3.05) is 5.32 Å². The molecular weight excluding hydrogens is 276 g/mol. The van der Waals surface area contributed by atoms with Gasteiger partial charge in [0.25, 0.3) is 5.91 Å². The fraction of sp³-hybridized carbons (Fsp3) is 0.0667. The molecule has 0 bridgehead atoms. The minimum Gasteiger partial charge on any atom is -0.321 e. The Morgan fingerprint density at radius 2 is 2.00 bits per heavy atom. The van der Waals surface area contributed by atoms with Crippen LogP contribution in [0.1, 0.15) is 16.2 Å². The third-order valence-corrected chi connectivity index (χ3v) is 3.05. The zero-order valence-electron chi connectivity index (χ0n) is 11.1. The van der Waals surface area contributed by atoms with E-state index in [4.69, 9.17) is 0 Å². The van der Waals surface area contributed by atoms with Crippen molar-refractivity contribution in [1.82, 2.24) is 9.38 Å². The third kappa shape index (κ3) is 2.47. The summed E-state index contributed by atoms with van der Waals surface area (Å²) in [6.45, 7) is 1.66. The first-order valence-corrected chi connectivity index (χ1v) is 6.26. The second-order valence-electron chi connectivity index (χ2n) is 4.59. The average molecular weight is 287 g/mol. The predicted molar refractivity (Wildman–Crippen MR) is 74.2 cm³/mol. The highest BCUT2D eigenvalue weighted by atomic mass is 19.1. The molecule has 21 heavy (non-hydrogen) atoms. The molecule has 3 aromatic rings. The molecule has 106 valence electrons. The van der Waals surface area contributed by atoms with Gasteiger partial charge >= 0.3 is 0 Å². The van der Waals surface area contributed by atoms with Crippen LogP contribution < -0.4 is 5.32 Å². The molecule has 0 radical (unpaired) electrons. The molecule has 0 saturated carbocycles. The summed E-state index contributed by atoms with van der Waals surface area (Å²) in [6, 6.07) is 8.31. The zero-order chi connectivity index (χ0) is 15.0. The van der Waals surface area contributed by atoms with Gasteiger partial charge in [0.05, 0.1) is 5.69 Å². The molecule has 0 aliphatic rings. The molecule has 0 spiro atoms. The van der Waals surface area contributed by atoms with Gasteiger partial charge in [-0.3, -0.25) is 9.20 Å². The highest BCUT2D eigenvalue weighted by molar-refractivity contribution is 6.04. The first-order chi connectivity index (χ1) is 10.0. The summed E-state index contributed by atoms with van der Waals surface area (Å²) in [5.41, 5.74) is 1.48. The van der Waals surface area contributed by atoms with Crippen molar-refractivity contribution in [2.45, 2.75) is 6.92 Å². The Morgan fingerprint density at radius 3 is 2.76 bits per heavy atom. The largest absolute Gasteiger partial charge is 0.321 e. The van der Waals surface area contributed by atoms with Crippen LogP contribution in [0.25, 0.3) is 5.65 Å². The topological polar surface area (TPSA) is 46.4 Å².